The second kappa shape index (κ2) is 7.95. The standard InChI is InChI=1S/C16H17BrN2O3/c17-14(15(20)19-8-6-12(10-18)7-9-19)16(21)22-11-13-4-2-1-3-5-13/h1-5,12,14H,6-9,11H2/t14-/m1/s1. The van der Waals surface area contributed by atoms with Gasteiger partial charge in [0.15, 0.2) is 4.83 Å². The van der Waals surface area contributed by atoms with Crippen molar-refractivity contribution in [2.75, 3.05) is 13.1 Å². The Kier molecular flexibility index (Phi) is 5.96. The lowest BCUT2D eigenvalue weighted by molar-refractivity contribution is -0.149. The van der Waals surface area contributed by atoms with E-state index in [1.807, 2.05) is 30.3 Å². The van der Waals surface area contributed by atoms with E-state index in [9.17, 15) is 9.59 Å². The van der Waals surface area contributed by atoms with Gasteiger partial charge >= 0.3 is 5.97 Å². The van der Waals surface area contributed by atoms with Crippen molar-refractivity contribution >= 4 is 27.8 Å². The van der Waals surface area contributed by atoms with E-state index in [0.29, 0.717) is 25.9 Å². The smallest absolute Gasteiger partial charge is 0.329 e. The van der Waals surface area contributed by atoms with Crippen molar-refractivity contribution in [3.8, 4) is 6.07 Å². The van der Waals surface area contributed by atoms with E-state index in [0.717, 1.165) is 5.56 Å². The Morgan fingerprint density at radius 2 is 1.95 bits per heavy atom. The molecule has 2 rings (SSSR count). The van der Waals surface area contributed by atoms with Gasteiger partial charge in [-0.05, 0) is 18.4 Å². The van der Waals surface area contributed by atoms with Crippen molar-refractivity contribution in [1.82, 2.24) is 4.90 Å². The topological polar surface area (TPSA) is 70.4 Å². The molecule has 1 aliphatic heterocycles. The third-order valence-corrected chi connectivity index (χ3v) is 4.40. The zero-order valence-corrected chi connectivity index (χ0v) is 13.7. The quantitative estimate of drug-likeness (QED) is 0.466. The summed E-state index contributed by atoms with van der Waals surface area (Å²) < 4.78 is 5.16. The van der Waals surface area contributed by atoms with Crippen molar-refractivity contribution in [3.63, 3.8) is 0 Å². The van der Waals surface area contributed by atoms with Gasteiger partial charge in [-0.1, -0.05) is 46.3 Å². The van der Waals surface area contributed by atoms with Crippen molar-refractivity contribution in [1.29, 1.82) is 5.26 Å². The van der Waals surface area contributed by atoms with E-state index in [4.69, 9.17) is 10.00 Å². The van der Waals surface area contributed by atoms with Gasteiger partial charge in [0.05, 0.1) is 6.07 Å². The van der Waals surface area contributed by atoms with E-state index in [-0.39, 0.29) is 18.4 Å². The highest BCUT2D eigenvalue weighted by atomic mass is 79.9. The van der Waals surface area contributed by atoms with Gasteiger partial charge in [0, 0.05) is 19.0 Å². The van der Waals surface area contributed by atoms with Crippen LogP contribution in [0.15, 0.2) is 30.3 Å². The first-order valence-corrected chi connectivity index (χ1v) is 8.06. The summed E-state index contributed by atoms with van der Waals surface area (Å²) in [5, 5.41) is 8.85. The van der Waals surface area contributed by atoms with Crippen LogP contribution in [0.1, 0.15) is 18.4 Å². The van der Waals surface area contributed by atoms with Crippen molar-refractivity contribution < 1.29 is 14.3 Å². The molecule has 1 aromatic rings. The number of hydrogen-bond donors (Lipinski definition) is 0. The third kappa shape index (κ3) is 4.31. The molecule has 0 saturated carbocycles. The zero-order chi connectivity index (χ0) is 15.9. The minimum absolute atomic E-state index is 0.00265. The highest BCUT2D eigenvalue weighted by molar-refractivity contribution is 9.10. The van der Waals surface area contributed by atoms with E-state index in [1.54, 1.807) is 4.90 Å². The van der Waals surface area contributed by atoms with E-state index in [1.165, 1.54) is 0 Å². The molecule has 6 heteroatoms. The summed E-state index contributed by atoms with van der Waals surface area (Å²) >= 11 is 3.12. The minimum atomic E-state index is -0.991. The second-order valence-corrected chi connectivity index (χ2v) is 6.10. The first kappa shape index (κ1) is 16.5. The molecule has 1 saturated heterocycles. The number of carbonyl (C=O) groups is 2. The van der Waals surface area contributed by atoms with Crippen LogP contribution in [-0.2, 0) is 20.9 Å². The van der Waals surface area contributed by atoms with Gasteiger partial charge in [0.2, 0.25) is 5.91 Å². The fraction of sp³-hybridized carbons (Fsp3) is 0.438. The van der Waals surface area contributed by atoms with Crippen LogP contribution in [0.25, 0.3) is 0 Å². The van der Waals surface area contributed by atoms with Crippen LogP contribution in [0.2, 0.25) is 0 Å². The predicted octanol–water partition coefficient (Wildman–Crippen LogP) is 2.26. The largest absolute Gasteiger partial charge is 0.460 e. The minimum Gasteiger partial charge on any atom is -0.460 e. The van der Waals surface area contributed by atoms with Gasteiger partial charge in [-0.15, -0.1) is 0 Å². The summed E-state index contributed by atoms with van der Waals surface area (Å²) in [6.45, 7) is 1.15. The van der Waals surface area contributed by atoms with Gasteiger partial charge in [0.25, 0.3) is 0 Å². The Morgan fingerprint density at radius 3 is 2.55 bits per heavy atom. The molecule has 1 aliphatic rings. The normalized spacial score (nSPS) is 16.6. The number of nitriles is 1. The van der Waals surface area contributed by atoms with Crippen LogP contribution < -0.4 is 0 Å². The number of esters is 1. The third-order valence-electron chi connectivity index (χ3n) is 3.64. The number of halogens is 1. The lowest BCUT2D eigenvalue weighted by Crippen LogP contribution is -2.44. The first-order valence-electron chi connectivity index (χ1n) is 7.15. The molecule has 0 bridgehead atoms. The van der Waals surface area contributed by atoms with Gasteiger partial charge in [-0.3, -0.25) is 9.59 Å². The van der Waals surface area contributed by atoms with Crippen molar-refractivity contribution in [3.05, 3.63) is 35.9 Å². The summed E-state index contributed by atoms with van der Waals surface area (Å²) in [6, 6.07) is 11.5. The van der Waals surface area contributed by atoms with Crippen LogP contribution in [0, 0.1) is 17.2 Å². The monoisotopic (exact) mass is 364 g/mol. The molecule has 1 fully saturated rings. The first-order chi connectivity index (χ1) is 10.6. The summed E-state index contributed by atoms with van der Waals surface area (Å²) in [5.74, 6) is -0.881. The molecule has 1 amide bonds. The van der Waals surface area contributed by atoms with Crippen LogP contribution >= 0.6 is 15.9 Å². The summed E-state index contributed by atoms with van der Waals surface area (Å²) in [5.41, 5.74) is 0.873. The number of amides is 1. The van der Waals surface area contributed by atoms with Crippen LogP contribution in [0.5, 0.6) is 0 Å². The van der Waals surface area contributed by atoms with E-state index >= 15 is 0 Å². The molecule has 22 heavy (non-hydrogen) atoms. The Balaban J connectivity index is 1.82. The maximum Gasteiger partial charge on any atom is 0.329 e. The Morgan fingerprint density at radius 1 is 1.32 bits per heavy atom. The summed E-state index contributed by atoms with van der Waals surface area (Å²) in [6.07, 6.45) is 1.31. The van der Waals surface area contributed by atoms with E-state index in [2.05, 4.69) is 22.0 Å². The fourth-order valence-electron chi connectivity index (χ4n) is 2.29. The zero-order valence-electron chi connectivity index (χ0n) is 12.1. The number of alkyl halides is 1. The average molecular weight is 365 g/mol. The van der Waals surface area contributed by atoms with Gasteiger partial charge in [-0.25, -0.2) is 0 Å². The van der Waals surface area contributed by atoms with Crippen molar-refractivity contribution in [2.45, 2.75) is 24.3 Å². The summed E-state index contributed by atoms with van der Waals surface area (Å²) in [4.78, 5) is 24.8. The SMILES string of the molecule is N#CC1CCN(C(=O)[C@@H](Br)C(=O)OCc2ccccc2)CC1. The number of piperidine rings is 1. The Bertz CT molecular complexity index is 563. The summed E-state index contributed by atoms with van der Waals surface area (Å²) in [7, 11) is 0. The molecule has 1 aromatic carbocycles. The van der Waals surface area contributed by atoms with Crippen LogP contribution in [0.3, 0.4) is 0 Å². The Hall–Kier alpha value is -1.87. The number of nitrogens with zero attached hydrogens (tertiary/aromatic N) is 2. The molecule has 0 radical (unpaired) electrons. The highest BCUT2D eigenvalue weighted by Crippen LogP contribution is 2.19. The predicted molar refractivity (Wildman–Crippen MR) is 83.9 cm³/mol. The number of ether oxygens (including phenoxy) is 1. The van der Waals surface area contributed by atoms with E-state index < -0.39 is 10.8 Å². The molecule has 1 atom stereocenters. The second-order valence-electron chi connectivity index (χ2n) is 5.18. The average Bonchev–Trinajstić information content (AvgIpc) is 2.59. The maximum atomic E-state index is 12.2. The number of rotatable bonds is 4. The number of likely N-dealkylation sites (tertiary alicyclic amines) is 1. The molecule has 5 nitrogen and oxygen atoms in total. The molecule has 116 valence electrons. The Labute approximate surface area is 138 Å². The molecule has 0 unspecified atom stereocenters. The number of benzene rings is 1. The molecular weight excluding hydrogens is 348 g/mol. The van der Waals surface area contributed by atoms with Gasteiger partial charge in [-0.2, -0.15) is 5.26 Å². The van der Waals surface area contributed by atoms with Crippen LogP contribution in [-0.4, -0.2) is 34.7 Å². The van der Waals surface area contributed by atoms with Crippen LogP contribution in [0.4, 0.5) is 0 Å². The maximum absolute atomic E-state index is 12.2. The number of hydrogen-bond acceptors (Lipinski definition) is 4. The van der Waals surface area contributed by atoms with Crippen molar-refractivity contribution in [2.24, 2.45) is 5.92 Å². The molecule has 0 aromatic heterocycles. The molecule has 0 N–H and O–H groups in total. The highest BCUT2D eigenvalue weighted by Gasteiger charge is 2.32. The molecule has 0 aliphatic carbocycles. The molecule has 1 heterocycles. The lowest BCUT2D eigenvalue weighted by atomic mass is 9.98. The lowest BCUT2D eigenvalue weighted by Gasteiger charge is -2.30. The number of carbonyl (C=O) groups excluding carboxylic acids is 2. The fourth-order valence-corrected chi connectivity index (χ4v) is 2.71. The molecular formula is C16H17BrN2O3. The van der Waals surface area contributed by atoms with Gasteiger partial charge < -0.3 is 9.64 Å². The molecule has 0 spiro atoms. The van der Waals surface area contributed by atoms with Gasteiger partial charge in [0.1, 0.15) is 6.61 Å².